The molecule has 0 spiro atoms. The fourth-order valence-electron chi connectivity index (χ4n) is 7.18. The van der Waals surface area contributed by atoms with Gasteiger partial charge >= 0.3 is 0 Å². The largest absolute Gasteiger partial charge is 0.303 e. The SMILES string of the molecule is C[C@]12CC[C@H]3[C@@H](CC[C@H]4CC(=O)CC[C@@]43CC=O)[C@@H]1CCC2=O. The third kappa shape index (κ3) is 2.04. The molecule has 0 amide bonds. The molecule has 4 rings (SSSR count). The van der Waals surface area contributed by atoms with Crippen molar-refractivity contribution in [1.29, 1.82) is 0 Å². The van der Waals surface area contributed by atoms with Gasteiger partial charge in [-0.05, 0) is 67.6 Å². The highest BCUT2D eigenvalue weighted by Crippen LogP contribution is 2.66. The van der Waals surface area contributed by atoms with Crippen LogP contribution in [0.25, 0.3) is 0 Å². The van der Waals surface area contributed by atoms with Gasteiger partial charge in [0.15, 0.2) is 0 Å². The van der Waals surface area contributed by atoms with E-state index in [1.54, 1.807) is 0 Å². The minimum Gasteiger partial charge on any atom is -0.303 e. The molecule has 4 aliphatic rings. The van der Waals surface area contributed by atoms with Gasteiger partial charge in [-0.3, -0.25) is 9.59 Å². The Labute approximate surface area is 138 Å². The van der Waals surface area contributed by atoms with Gasteiger partial charge in [-0.1, -0.05) is 6.92 Å². The number of fused-ring (bicyclic) bond motifs is 5. The van der Waals surface area contributed by atoms with Gasteiger partial charge in [0.2, 0.25) is 0 Å². The van der Waals surface area contributed by atoms with E-state index in [2.05, 4.69) is 6.92 Å². The summed E-state index contributed by atoms with van der Waals surface area (Å²) in [7, 11) is 0. The molecule has 126 valence electrons. The first-order chi connectivity index (χ1) is 11.0. The van der Waals surface area contributed by atoms with Crippen molar-refractivity contribution >= 4 is 17.9 Å². The molecule has 0 radical (unpaired) electrons. The summed E-state index contributed by atoms with van der Waals surface area (Å²) < 4.78 is 0. The van der Waals surface area contributed by atoms with Crippen molar-refractivity contribution < 1.29 is 14.4 Å². The molecule has 0 bridgehead atoms. The lowest BCUT2D eigenvalue weighted by atomic mass is 9.44. The van der Waals surface area contributed by atoms with Crippen LogP contribution in [0.1, 0.15) is 71.1 Å². The van der Waals surface area contributed by atoms with Crippen LogP contribution in [0, 0.1) is 34.5 Å². The zero-order chi connectivity index (χ0) is 16.2. The maximum absolute atomic E-state index is 12.4. The second kappa shape index (κ2) is 5.26. The van der Waals surface area contributed by atoms with Crippen LogP contribution in [-0.2, 0) is 14.4 Å². The van der Waals surface area contributed by atoms with Gasteiger partial charge in [-0.2, -0.15) is 0 Å². The molecular weight excluding hydrogens is 288 g/mol. The Hall–Kier alpha value is -0.990. The minimum atomic E-state index is -0.0964. The van der Waals surface area contributed by atoms with E-state index < -0.39 is 0 Å². The lowest BCUT2D eigenvalue weighted by Gasteiger charge is -2.60. The molecule has 0 heterocycles. The Balaban J connectivity index is 1.69. The van der Waals surface area contributed by atoms with E-state index in [-0.39, 0.29) is 10.8 Å². The Morgan fingerprint density at radius 2 is 1.87 bits per heavy atom. The summed E-state index contributed by atoms with van der Waals surface area (Å²) in [4.78, 5) is 35.9. The van der Waals surface area contributed by atoms with Gasteiger partial charge in [-0.15, -0.1) is 0 Å². The van der Waals surface area contributed by atoms with Crippen molar-refractivity contribution in [3.05, 3.63) is 0 Å². The summed E-state index contributed by atoms with van der Waals surface area (Å²) >= 11 is 0. The summed E-state index contributed by atoms with van der Waals surface area (Å²) in [5, 5.41) is 0. The van der Waals surface area contributed by atoms with Crippen LogP contribution in [-0.4, -0.2) is 17.9 Å². The van der Waals surface area contributed by atoms with E-state index in [1.165, 1.54) is 0 Å². The molecule has 0 N–H and O–H groups in total. The van der Waals surface area contributed by atoms with Crippen LogP contribution >= 0.6 is 0 Å². The van der Waals surface area contributed by atoms with Gasteiger partial charge in [0, 0.05) is 31.1 Å². The van der Waals surface area contributed by atoms with Crippen molar-refractivity contribution in [2.75, 3.05) is 0 Å². The number of Topliss-reactive ketones (excluding diaryl/α,β-unsaturated/α-hetero) is 2. The Kier molecular flexibility index (Phi) is 3.55. The van der Waals surface area contributed by atoms with Crippen LogP contribution in [0.4, 0.5) is 0 Å². The van der Waals surface area contributed by atoms with Crippen molar-refractivity contribution in [2.45, 2.75) is 71.1 Å². The van der Waals surface area contributed by atoms with E-state index in [0.29, 0.717) is 54.5 Å². The number of hydrogen-bond acceptors (Lipinski definition) is 3. The molecule has 0 saturated heterocycles. The lowest BCUT2D eigenvalue weighted by molar-refractivity contribution is -0.150. The molecule has 3 heteroatoms. The normalized spacial score (nSPS) is 49.3. The molecule has 0 aromatic carbocycles. The molecule has 3 nitrogen and oxygen atoms in total. The summed E-state index contributed by atoms with van der Waals surface area (Å²) in [6, 6.07) is 0. The molecule has 0 aliphatic heterocycles. The number of ketones is 2. The fourth-order valence-corrected chi connectivity index (χ4v) is 7.18. The molecule has 0 unspecified atom stereocenters. The van der Waals surface area contributed by atoms with E-state index >= 15 is 0 Å². The molecule has 4 saturated carbocycles. The third-order valence-electron chi connectivity index (χ3n) is 8.35. The zero-order valence-electron chi connectivity index (χ0n) is 14.2. The van der Waals surface area contributed by atoms with E-state index in [9.17, 15) is 14.4 Å². The van der Waals surface area contributed by atoms with Crippen LogP contribution in [0.5, 0.6) is 0 Å². The average molecular weight is 316 g/mol. The molecule has 0 aromatic heterocycles. The molecule has 4 aliphatic carbocycles. The molecule has 4 fully saturated rings. The molecule has 23 heavy (non-hydrogen) atoms. The second-order valence-electron chi connectivity index (χ2n) is 8.92. The fraction of sp³-hybridized carbons (Fsp3) is 0.850. The second-order valence-corrected chi connectivity index (χ2v) is 8.92. The average Bonchev–Trinajstić information content (AvgIpc) is 2.84. The Bertz CT molecular complexity index is 553. The maximum Gasteiger partial charge on any atom is 0.139 e. The number of carbonyl (C=O) groups is 3. The number of hydrogen-bond donors (Lipinski definition) is 0. The van der Waals surface area contributed by atoms with Gasteiger partial charge in [-0.25, -0.2) is 0 Å². The summed E-state index contributed by atoms with van der Waals surface area (Å²) in [6.07, 6.45) is 10.1. The standard InChI is InChI=1S/C20H28O3/c1-19-8-7-17-15(16(19)4-5-18(19)23)3-2-13-12-14(22)6-9-20(13,17)10-11-21/h11,13,15-17H,2-10,12H2,1H3/t13-,15-,16-,17-,19-,20+/m0/s1. The predicted octanol–water partition coefficient (Wildman–Crippen LogP) is 3.74. The van der Waals surface area contributed by atoms with E-state index in [0.717, 1.165) is 51.2 Å². The maximum atomic E-state index is 12.4. The third-order valence-corrected chi connectivity index (χ3v) is 8.35. The molecule has 0 aromatic rings. The van der Waals surface area contributed by atoms with Crippen LogP contribution in [0.2, 0.25) is 0 Å². The Morgan fingerprint density at radius 3 is 2.65 bits per heavy atom. The highest BCUT2D eigenvalue weighted by Gasteiger charge is 2.61. The van der Waals surface area contributed by atoms with E-state index in [4.69, 9.17) is 0 Å². The zero-order valence-corrected chi connectivity index (χ0v) is 14.2. The quantitative estimate of drug-likeness (QED) is 0.729. The number of carbonyl (C=O) groups excluding carboxylic acids is 3. The first kappa shape index (κ1) is 15.5. The van der Waals surface area contributed by atoms with Gasteiger partial charge < -0.3 is 4.79 Å². The van der Waals surface area contributed by atoms with Crippen molar-refractivity contribution in [3.8, 4) is 0 Å². The van der Waals surface area contributed by atoms with Crippen molar-refractivity contribution in [1.82, 2.24) is 0 Å². The van der Waals surface area contributed by atoms with Crippen LogP contribution in [0.3, 0.4) is 0 Å². The minimum absolute atomic E-state index is 0.0611. The summed E-state index contributed by atoms with van der Waals surface area (Å²) in [5.74, 6) is 2.97. The number of rotatable bonds is 2. The predicted molar refractivity (Wildman–Crippen MR) is 86.7 cm³/mol. The van der Waals surface area contributed by atoms with Crippen molar-refractivity contribution in [3.63, 3.8) is 0 Å². The van der Waals surface area contributed by atoms with E-state index in [1.807, 2.05) is 0 Å². The van der Waals surface area contributed by atoms with Crippen molar-refractivity contribution in [2.24, 2.45) is 34.5 Å². The van der Waals surface area contributed by atoms with Crippen LogP contribution < -0.4 is 0 Å². The number of aldehydes is 1. The molecular formula is C20H28O3. The van der Waals surface area contributed by atoms with Crippen LogP contribution in [0.15, 0.2) is 0 Å². The lowest BCUT2D eigenvalue weighted by Crippen LogP contribution is -2.55. The summed E-state index contributed by atoms with van der Waals surface area (Å²) in [5.41, 5.74) is -0.0353. The first-order valence-corrected chi connectivity index (χ1v) is 9.50. The van der Waals surface area contributed by atoms with Gasteiger partial charge in [0.05, 0.1) is 0 Å². The smallest absolute Gasteiger partial charge is 0.139 e. The van der Waals surface area contributed by atoms with Gasteiger partial charge in [0.1, 0.15) is 17.9 Å². The monoisotopic (exact) mass is 316 g/mol. The molecule has 6 atom stereocenters. The topological polar surface area (TPSA) is 51.2 Å². The highest BCUT2D eigenvalue weighted by atomic mass is 16.1. The first-order valence-electron chi connectivity index (χ1n) is 9.50. The highest BCUT2D eigenvalue weighted by molar-refractivity contribution is 5.87. The summed E-state index contributed by atoms with van der Waals surface area (Å²) in [6.45, 7) is 2.20. The van der Waals surface area contributed by atoms with Gasteiger partial charge in [0.25, 0.3) is 0 Å². The Morgan fingerprint density at radius 1 is 1.04 bits per heavy atom.